The lowest BCUT2D eigenvalue weighted by molar-refractivity contribution is -0.146. The Morgan fingerprint density at radius 3 is 2.36 bits per heavy atom. The van der Waals surface area contributed by atoms with Crippen LogP contribution in [0.1, 0.15) is 38.6 Å². The molecule has 0 bridgehead atoms. The van der Waals surface area contributed by atoms with E-state index in [4.69, 9.17) is 0 Å². The lowest BCUT2D eigenvalue weighted by Crippen LogP contribution is -2.46. The van der Waals surface area contributed by atoms with Gasteiger partial charge in [0.15, 0.2) is 0 Å². The molecule has 8 heteroatoms. The van der Waals surface area contributed by atoms with Crippen LogP contribution in [0.4, 0.5) is 5.13 Å². The fourth-order valence-electron chi connectivity index (χ4n) is 3.27. The molecule has 1 aliphatic heterocycles. The molecule has 1 saturated heterocycles. The van der Waals surface area contributed by atoms with Gasteiger partial charge in [0.2, 0.25) is 22.9 Å². The summed E-state index contributed by atoms with van der Waals surface area (Å²) < 4.78 is 0. The Labute approximate surface area is 150 Å². The molecular formula is C17H22N4O3S. The SMILES string of the molecule is CC(C)Cc1nnc(NC(=O)[C@H](C)N2C(=O)[C@@H]3CC=CC[C@H]3C2=O)s1. The van der Waals surface area contributed by atoms with Gasteiger partial charge in [-0.1, -0.05) is 37.3 Å². The molecule has 2 aliphatic rings. The van der Waals surface area contributed by atoms with E-state index in [0.29, 0.717) is 23.9 Å². The summed E-state index contributed by atoms with van der Waals surface area (Å²) in [7, 11) is 0. The van der Waals surface area contributed by atoms with E-state index in [-0.39, 0.29) is 23.7 Å². The zero-order chi connectivity index (χ0) is 18.1. The summed E-state index contributed by atoms with van der Waals surface area (Å²) >= 11 is 1.32. The lowest BCUT2D eigenvalue weighted by atomic mass is 9.85. The number of carbonyl (C=O) groups is 3. The highest BCUT2D eigenvalue weighted by Gasteiger charge is 2.50. The molecule has 0 radical (unpaired) electrons. The summed E-state index contributed by atoms with van der Waals surface area (Å²) in [5.74, 6) is -1.12. The molecule has 3 amide bonds. The van der Waals surface area contributed by atoms with Gasteiger partial charge in [-0.25, -0.2) is 0 Å². The number of nitrogens with zero attached hydrogens (tertiary/aromatic N) is 3. The first-order valence-electron chi connectivity index (χ1n) is 8.53. The molecule has 25 heavy (non-hydrogen) atoms. The summed E-state index contributed by atoms with van der Waals surface area (Å²) in [5, 5.41) is 11.9. The van der Waals surface area contributed by atoms with E-state index in [1.807, 2.05) is 12.2 Å². The summed E-state index contributed by atoms with van der Waals surface area (Å²) in [6, 6.07) is -0.858. The van der Waals surface area contributed by atoms with Gasteiger partial charge in [-0.15, -0.1) is 10.2 Å². The minimum absolute atomic E-state index is 0.250. The van der Waals surface area contributed by atoms with Crippen LogP contribution in [0.15, 0.2) is 12.2 Å². The van der Waals surface area contributed by atoms with Crippen LogP contribution in [0.3, 0.4) is 0 Å². The van der Waals surface area contributed by atoms with E-state index in [0.717, 1.165) is 16.3 Å². The van der Waals surface area contributed by atoms with Crippen molar-refractivity contribution >= 4 is 34.2 Å². The van der Waals surface area contributed by atoms with Gasteiger partial charge in [0, 0.05) is 6.42 Å². The normalized spacial score (nSPS) is 23.9. The fourth-order valence-corrected chi connectivity index (χ4v) is 4.23. The van der Waals surface area contributed by atoms with Gasteiger partial charge in [-0.2, -0.15) is 0 Å². The monoisotopic (exact) mass is 362 g/mol. The second kappa shape index (κ2) is 7.03. The molecule has 134 valence electrons. The Morgan fingerprint density at radius 1 is 1.20 bits per heavy atom. The maximum absolute atomic E-state index is 12.5. The maximum atomic E-state index is 12.5. The second-order valence-electron chi connectivity index (χ2n) is 6.97. The van der Waals surface area contributed by atoms with Crippen LogP contribution in [-0.4, -0.2) is 38.9 Å². The van der Waals surface area contributed by atoms with Crippen molar-refractivity contribution < 1.29 is 14.4 Å². The van der Waals surface area contributed by atoms with Gasteiger partial charge < -0.3 is 0 Å². The topological polar surface area (TPSA) is 92.3 Å². The Balaban J connectivity index is 1.67. The predicted octanol–water partition coefficient (Wildman–Crippen LogP) is 2.01. The first-order valence-corrected chi connectivity index (χ1v) is 9.35. The van der Waals surface area contributed by atoms with Crippen LogP contribution >= 0.6 is 11.3 Å². The van der Waals surface area contributed by atoms with Gasteiger partial charge in [0.05, 0.1) is 11.8 Å². The number of anilines is 1. The quantitative estimate of drug-likeness (QED) is 0.639. The highest BCUT2D eigenvalue weighted by Crippen LogP contribution is 2.36. The van der Waals surface area contributed by atoms with Crippen LogP contribution in [0.2, 0.25) is 0 Å². The van der Waals surface area contributed by atoms with Crippen molar-refractivity contribution in [3.05, 3.63) is 17.2 Å². The molecule has 0 saturated carbocycles. The van der Waals surface area contributed by atoms with Crippen molar-refractivity contribution in [1.82, 2.24) is 15.1 Å². The molecule has 1 N–H and O–H groups in total. The standard InChI is InChI=1S/C17H22N4O3S/c1-9(2)8-13-19-20-17(25-13)18-14(22)10(3)21-15(23)11-6-4-5-7-12(11)16(21)24/h4-5,9-12H,6-8H2,1-3H3,(H,18,20,22)/t10-,11+,12+/m0/s1. The molecule has 2 heterocycles. The zero-order valence-corrected chi connectivity index (χ0v) is 15.4. The summed E-state index contributed by atoms with van der Waals surface area (Å²) in [6.45, 7) is 5.74. The number of fused-ring (bicyclic) bond motifs is 1. The van der Waals surface area contributed by atoms with Gasteiger partial charge >= 0.3 is 0 Å². The highest BCUT2D eigenvalue weighted by atomic mass is 32.1. The van der Waals surface area contributed by atoms with E-state index < -0.39 is 11.9 Å². The van der Waals surface area contributed by atoms with Crippen molar-refractivity contribution in [3.8, 4) is 0 Å². The third-order valence-electron chi connectivity index (χ3n) is 4.59. The number of nitrogens with one attached hydrogen (secondary N) is 1. The maximum Gasteiger partial charge on any atom is 0.249 e. The van der Waals surface area contributed by atoms with E-state index in [1.165, 1.54) is 11.3 Å². The van der Waals surface area contributed by atoms with E-state index in [1.54, 1.807) is 6.92 Å². The number of imide groups is 1. The van der Waals surface area contributed by atoms with Crippen LogP contribution in [0.25, 0.3) is 0 Å². The van der Waals surface area contributed by atoms with Crippen LogP contribution in [0.5, 0.6) is 0 Å². The minimum Gasteiger partial charge on any atom is -0.299 e. The number of carbonyl (C=O) groups excluding carboxylic acids is 3. The average Bonchev–Trinajstić information content (AvgIpc) is 3.10. The Bertz CT molecular complexity index is 701. The minimum atomic E-state index is -0.858. The molecule has 1 aromatic heterocycles. The van der Waals surface area contributed by atoms with E-state index in [2.05, 4.69) is 29.4 Å². The van der Waals surface area contributed by atoms with Crippen molar-refractivity contribution in [2.24, 2.45) is 17.8 Å². The molecule has 0 spiro atoms. The molecule has 1 aliphatic carbocycles. The second-order valence-corrected chi connectivity index (χ2v) is 8.03. The summed E-state index contributed by atoms with van der Waals surface area (Å²) in [5.41, 5.74) is 0. The van der Waals surface area contributed by atoms with E-state index >= 15 is 0 Å². The Morgan fingerprint density at radius 2 is 1.80 bits per heavy atom. The molecule has 3 rings (SSSR count). The molecular weight excluding hydrogens is 340 g/mol. The molecule has 7 nitrogen and oxygen atoms in total. The van der Waals surface area contributed by atoms with E-state index in [9.17, 15) is 14.4 Å². The number of hydrogen-bond acceptors (Lipinski definition) is 6. The number of likely N-dealkylation sites (tertiary alicyclic amines) is 1. The Kier molecular flexibility index (Phi) is 4.99. The highest BCUT2D eigenvalue weighted by molar-refractivity contribution is 7.15. The molecule has 3 atom stereocenters. The third-order valence-corrected chi connectivity index (χ3v) is 5.45. The fraction of sp³-hybridized carbons (Fsp3) is 0.588. The van der Waals surface area contributed by atoms with Gasteiger partial charge in [-0.3, -0.25) is 24.6 Å². The first-order chi connectivity index (χ1) is 11.9. The van der Waals surface area contributed by atoms with Crippen molar-refractivity contribution in [2.75, 3.05) is 5.32 Å². The molecule has 1 aromatic rings. The summed E-state index contributed by atoms with van der Waals surface area (Å²) in [6.07, 6.45) is 5.78. The van der Waals surface area contributed by atoms with Crippen molar-refractivity contribution in [1.29, 1.82) is 0 Å². The van der Waals surface area contributed by atoms with Gasteiger partial charge in [0.1, 0.15) is 11.0 Å². The molecule has 0 aromatic carbocycles. The van der Waals surface area contributed by atoms with Crippen LogP contribution in [0, 0.1) is 17.8 Å². The summed E-state index contributed by atoms with van der Waals surface area (Å²) in [4.78, 5) is 38.7. The number of rotatable bonds is 5. The average molecular weight is 362 g/mol. The van der Waals surface area contributed by atoms with Crippen LogP contribution < -0.4 is 5.32 Å². The van der Waals surface area contributed by atoms with Crippen LogP contribution in [-0.2, 0) is 20.8 Å². The van der Waals surface area contributed by atoms with Crippen molar-refractivity contribution in [2.45, 2.75) is 46.1 Å². The zero-order valence-electron chi connectivity index (χ0n) is 14.6. The number of amides is 3. The van der Waals surface area contributed by atoms with Crippen molar-refractivity contribution in [3.63, 3.8) is 0 Å². The largest absolute Gasteiger partial charge is 0.299 e. The smallest absolute Gasteiger partial charge is 0.249 e. The van der Waals surface area contributed by atoms with Gasteiger partial charge in [0.25, 0.3) is 0 Å². The lowest BCUT2D eigenvalue weighted by Gasteiger charge is -2.21. The number of hydrogen-bond donors (Lipinski definition) is 1. The number of allylic oxidation sites excluding steroid dienone is 2. The number of aromatic nitrogens is 2. The predicted molar refractivity (Wildman–Crippen MR) is 93.7 cm³/mol. The molecule has 0 unspecified atom stereocenters. The third kappa shape index (κ3) is 3.49. The first kappa shape index (κ1) is 17.7. The van der Waals surface area contributed by atoms with Gasteiger partial charge in [-0.05, 0) is 25.7 Å². The molecule has 1 fully saturated rings. The Hall–Kier alpha value is -2.09.